The fraction of sp³-hybridized carbons (Fsp3) is 0.385. The van der Waals surface area contributed by atoms with Crippen LogP contribution in [0.2, 0.25) is 0 Å². The van der Waals surface area contributed by atoms with Crippen LogP contribution in [0.3, 0.4) is 0 Å². The zero-order valence-electron chi connectivity index (χ0n) is 19.5. The molecule has 2 heterocycles. The highest BCUT2D eigenvalue weighted by molar-refractivity contribution is 6.46. The summed E-state index contributed by atoms with van der Waals surface area (Å²) in [6.45, 7) is 7.74. The molecule has 0 saturated carbocycles. The monoisotopic (exact) mass is 466 g/mol. The molecule has 2 saturated heterocycles. The number of rotatable bonds is 7. The fourth-order valence-corrected chi connectivity index (χ4v) is 4.37. The number of aliphatic hydroxyl groups is 1. The molecule has 1 amide bonds. The predicted molar refractivity (Wildman–Crippen MR) is 127 cm³/mol. The first-order valence-electron chi connectivity index (χ1n) is 11.5. The Morgan fingerprint density at radius 3 is 2.47 bits per heavy atom. The first-order valence-corrected chi connectivity index (χ1v) is 11.5. The Morgan fingerprint density at radius 2 is 1.79 bits per heavy atom. The average Bonchev–Trinajstić information content (AvgIpc) is 3.10. The summed E-state index contributed by atoms with van der Waals surface area (Å²) in [4.78, 5) is 30.0. The number of nitrogens with zero attached hydrogens (tertiary/aromatic N) is 2. The predicted octanol–water partition coefficient (Wildman–Crippen LogP) is 2.85. The van der Waals surface area contributed by atoms with Gasteiger partial charge in [-0.25, -0.2) is 0 Å². The summed E-state index contributed by atoms with van der Waals surface area (Å²) in [7, 11) is 0. The van der Waals surface area contributed by atoms with Gasteiger partial charge in [0.05, 0.1) is 31.4 Å². The molecule has 0 bridgehead atoms. The number of ether oxygens (including phenoxy) is 2. The van der Waals surface area contributed by atoms with Gasteiger partial charge in [0.25, 0.3) is 11.7 Å². The summed E-state index contributed by atoms with van der Waals surface area (Å²) in [6, 6.07) is 11.1. The molecule has 0 radical (unpaired) electrons. The fourth-order valence-electron chi connectivity index (χ4n) is 4.37. The minimum atomic E-state index is -0.804. The van der Waals surface area contributed by atoms with Gasteiger partial charge in [-0.05, 0) is 31.5 Å². The van der Waals surface area contributed by atoms with E-state index in [1.165, 1.54) is 11.0 Å². The number of morpholine rings is 1. The van der Waals surface area contributed by atoms with Gasteiger partial charge in [0.15, 0.2) is 11.5 Å². The maximum atomic E-state index is 13.2. The topological polar surface area (TPSA) is 99.5 Å². The average molecular weight is 467 g/mol. The smallest absolute Gasteiger partial charge is 0.295 e. The SMILES string of the molecule is CCOc1cc(C2/C(=C(\O)c3ccc(C)cc3)C(=O)C(=O)N2CCN2CCOCC2)ccc1O. The Kier molecular flexibility index (Phi) is 7.19. The van der Waals surface area contributed by atoms with Gasteiger partial charge in [-0.2, -0.15) is 0 Å². The number of hydrogen-bond donors (Lipinski definition) is 2. The molecule has 2 fully saturated rings. The van der Waals surface area contributed by atoms with Crippen LogP contribution in [0.15, 0.2) is 48.0 Å². The van der Waals surface area contributed by atoms with E-state index in [9.17, 15) is 19.8 Å². The number of aromatic hydroxyl groups is 1. The van der Waals surface area contributed by atoms with Crippen molar-refractivity contribution in [3.63, 3.8) is 0 Å². The van der Waals surface area contributed by atoms with Crippen molar-refractivity contribution in [1.82, 2.24) is 9.80 Å². The number of Topliss-reactive ketones (excluding diaryl/α,β-unsaturated/α-hetero) is 1. The number of aryl methyl sites for hydroxylation is 1. The molecule has 2 N–H and O–H groups in total. The highest BCUT2D eigenvalue weighted by Crippen LogP contribution is 2.41. The molecule has 4 rings (SSSR count). The summed E-state index contributed by atoms with van der Waals surface area (Å²) < 4.78 is 10.9. The van der Waals surface area contributed by atoms with E-state index in [-0.39, 0.29) is 22.8 Å². The zero-order chi connectivity index (χ0) is 24.2. The molecule has 2 aliphatic heterocycles. The van der Waals surface area contributed by atoms with E-state index in [0.717, 1.165) is 18.7 Å². The Hall–Kier alpha value is -3.36. The van der Waals surface area contributed by atoms with E-state index in [0.29, 0.717) is 44.0 Å². The van der Waals surface area contributed by atoms with Crippen molar-refractivity contribution in [3.05, 3.63) is 64.7 Å². The van der Waals surface area contributed by atoms with E-state index < -0.39 is 17.7 Å². The lowest BCUT2D eigenvalue weighted by Gasteiger charge is -2.31. The summed E-state index contributed by atoms with van der Waals surface area (Å²) in [5, 5.41) is 21.3. The second-order valence-corrected chi connectivity index (χ2v) is 8.47. The van der Waals surface area contributed by atoms with Gasteiger partial charge >= 0.3 is 0 Å². The summed E-state index contributed by atoms with van der Waals surface area (Å²) >= 11 is 0. The second-order valence-electron chi connectivity index (χ2n) is 8.47. The van der Waals surface area contributed by atoms with Crippen LogP contribution in [0.4, 0.5) is 0 Å². The number of benzene rings is 2. The number of carbonyl (C=O) groups is 2. The molecule has 8 nitrogen and oxygen atoms in total. The second kappa shape index (κ2) is 10.3. The van der Waals surface area contributed by atoms with Crippen LogP contribution in [0.1, 0.15) is 29.7 Å². The standard InChI is InChI=1S/C26H30N2O6/c1-3-34-21-16-19(8-9-20(21)29)23-22(24(30)18-6-4-17(2)5-7-18)25(31)26(32)28(23)11-10-27-12-14-33-15-13-27/h4-9,16,23,29-30H,3,10-15H2,1-2H3/b24-22+. The van der Waals surface area contributed by atoms with Crippen LogP contribution in [-0.4, -0.2) is 77.7 Å². The maximum absolute atomic E-state index is 13.2. The van der Waals surface area contributed by atoms with Crippen molar-refractivity contribution in [1.29, 1.82) is 0 Å². The number of phenols is 1. The molecule has 2 aromatic rings. The van der Waals surface area contributed by atoms with Crippen molar-refractivity contribution in [2.75, 3.05) is 46.0 Å². The first-order chi connectivity index (χ1) is 16.4. The minimum absolute atomic E-state index is 0.0315. The molecule has 0 spiro atoms. The number of phenolic OH excluding ortho intramolecular Hbond substituents is 1. The largest absolute Gasteiger partial charge is 0.507 e. The lowest BCUT2D eigenvalue weighted by molar-refractivity contribution is -0.140. The van der Waals surface area contributed by atoms with E-state index in [4.69, 9.17) is 9.47 Å². The van der Waals surface area contributed by atoms with Gasteiger partial charge < -0.3 is 24.6 Å². The number of aliphatic hydroxyl groups excluding tert-OH is 1. The lowest BCUT2D eigenvalue weighted by atomic mass is 9.94. The normalized spacial score (nSPS) is 20.6. The van der Waals surface area contributed by atoms with Gasteiger partial charge in [-0.15, -0.1) is 0 Å². The molecule has 180 valence electrons. The third-order valence-electron chi connectivity index (χ3n) is 6.23. The molecule has 0 aromatic heterocycles. The molecular formula is C26H30N2O6. The molecule has 1 unspecified atom stereocenters. The van der Waals surface area contributed by atoms with E-state index in [1.807, 2.05) is 19.1 Å². The number of amides is 1. The highest BCUT2D eigenvalue weighted by Gasteiger charge is 2.46. The molecule has 2 aliphatic rings. The van der Waals surface area contributed by atoms with Gasteiger partial charge in [0.2, 0.25) is 0 Å². The van der Waals surface area contributed by atoms with Crippen LogP contribution in [-0.2, 0) is 14.3 Å². The van der Waals surface area contributed by atoms with Crippen LogP contribution in [0.5, 0.6) is 11.5 Å². The number of ketones is 1. The molecular weight excluding hydrogens is 436 g/mol. The quantitative estimate of drug-likeness (QED) is 0.368. The van der Waals surface area contributed by atoms with E-state index in [2.05, 4.69) is 4.90 Å². The van der Waals surface area contributed by atoms with Crippen LogP contribution in [0, 0.1) is 6.92 Å². The number of hydrogen-bond acceptors (Lipinski definition) is 7. The third-order valence-corrected chi connectivity index (χ3v) is 6.23. The Bertz CT molecular complexity index is 1090. The summed E-state index contributed by atoms with van der Waals surface area (Å²) in [5.74, 6) is -1.37. The zero-order valence-corrected chi connectivity index (χ0v) is 19.5. The maximum Gasteiger partial charge on any atom is 0.295 e. The number of likely N-dealkylation sites (tertiary alicyclic amines) is 1. The molecule has 34 heavy (non-hydrogen) atoms. The van der Waals surface area contributed by atoms with E-state index >= 15 is 0 Å². The molecule has 2 aromatic carbocycles. The van der Waals surface area contributed by atoms with Crippen molar-refractivity contribution < 1.29 is 29.3 Å². The minimum Gasteiger partial charge on any atom is -0.507 e. The van der Waals surface area contributed by atoms with Crippen LogP contribution in [0.25, 0.3) is 5.76 Å². The Labute approximate surface area is 199 Å². The van der Waals surface area contributed by atoms with Gasteiger partial charge in [0.1, 0.15) is 5.76 Å². The summed E-state index contributed by atoms with van der Waals surface area (Å²) in [5.41, 5.74) is 2.09. The molecule has 8 heteroatoms. The van der Waals surface area contributed by atoms with Crippen molar-refractivity contribution in [3.8, 4) is 11.5 Å². The van der Waals surface area contributed by atoms with Gasteiger partial charge in [0, 0.05) is 31.7 Å². The van der Waals surface area contributed by atoms with Crippen molar-refractivity contribution >= 4 is 17.4 Å². The Morgan fingerprint density at radius 1 is 1.09 bits per heavy atom. The summed E-state index contributed by atoms with van der Waals surface area (Å²) in [6.07, 6.45) is 0. The first kappa shape index (κ1) is 23.8. The van der Waals surface area contributed by atoms with Gasteiger partial charge in [-0.1, -0.05) is 35.9 Å². The number of carbonyl (C=O) groups excluding carboxylic acids is 2. The van der Waals surface area contributed by atoms with Crippen LogP contribution < -0.4 is 4.74 Å². The lowest BCUT2D eigenvalue weighted by Crippen LogP contribution is -2.42. The van der Waals surface area contributed by atoms with Crippen molar-refractivity contribution in [2.24, 2.45) is 0 Å². The Balaban J connectivity index is 1.76. The van der Waals surface area contributed by atoms with Gasteiger partial charge in [-0.3, -0.25) is 14.5 Å². The van der Waals surface area contributed by atoms with Crippen LogP contribution >= 0.6 is 0 Å². The highest BCUT2D eigenvalue weighted by atomic mass is 16.5. The van der Waals surface area contributed by atoms with E-state index in [1.54, 1.807) is 31.2 Å². The third kappa shape index (κ3) is 4.78. The molecule has 1 atom stereocenters. The molecule has 0 aliphatic carbocycles. The van der Waals surface area contributed by atoms with Crippen molar-refractivity contribution in [2.45, 2.75) is 19.9 Å².